The Hall–Kier alpha value is 1.12. The molecule has 0 aromatic rings. The monoisotopic (exact) mass is 299 g/mol. The van der Waals surface area contributed by atoms with Gasteiger partial charge < -0.3 is 24.8 Å². The van der Waals surface area contributed by atoms with Crippen LogP contribution in [0.5, 0.6) is 0 Å². The average molecular weight is 300 g/mol. The number of allylic oxidation sites excluding steroid dienone is 3. The Morgan fingerprint density at radius 3 is 2.33 bits per heavy atom. The summed E-state index contributed by atoms with van der Waals surface area (Å²) >= 11 is 2.05. The molecule has 1 radical (unpaired) electrons. The van der Waals surface area contributed by atoms with Crippen molar-refractivity contribution >= 4 is 11.8 Å². The molecule has 1 aliphatic carbocycles. The first-order valence-corrected chi connectivity index (χ1v) is 5.61. The van der Waals surface area contributed by atoms with E-state index in [-0.39, 0.29) is 46.5 Å². The van der Waals surface area contributed by atoms with E-state index >= 15 is 0 Å². The molecule has 0 spiro atoms. The molecule has 0 amide bonds. The fourth-order valence-electron chi connectivity index (χ4n) is 1.36. The molecule has 0 aromatic carbocycles. The van der Waals surface area contributed by atoms with Gasteiger partial charge in [0, 0.05) is 0 Å². The number of hydrogen-bond donors (Lipinski definition) is 0. The Kier molecular flexibility index (Phi) is 16.6. The van der Waals surface area contributed by atoms with Crippen LogP contribution in [0.2, 0.25) is 0 Å². The van der Waals surface area contributed by atoms with Gasteiger partial charge in [0.1, 0.15) is 0 Å². The van der Waals surface area contributed by atoms with Crippen molar-refractivity contribution in [2.45, 2.75) is 44.1 Å². The van der Waals surface area contributed by atoms with Gasteiger partial charge in [-0.15, -0.1) is 6.42 Å². The summed E-state index contributed by atoms with van der Waals surface area (Å²) in [7, 11) is 0. The minimum Gasteiger partial charge on any atom is -1.00 e. The van der Waals surface area contributed by atoms with Crippen molar-refractivity contribution in [3.05, 3.63) is 23.8 Å². The molecule has 0 saturated heterocycles. The molecule has 0 heterocycles. The third kappa shape index (κ3) is 7.93. The van der Waals surface area contributed by atoms with E-state index in [1.54, 1.807) is 0 Å². The zero-order valence-electron chi connectivity index (χ0n) is 9.39. The standard InChI is InChI=1S/C11H17S.2ClH.Ti/c1-4-11(12-9(2)3)10-7-5-6-8-10;;;/h5,7,9,11H,4,6H2,1-3H3;2*1H;/q-1;;;+3/p-2. The summed E-state index contributed by atoms with van der Waals surface area (Å²) in [4.78, 5) is 0. The molecule has 4 heteroatoms. The van der Waals surface area contributed by atoms with Crippen molar-refractivity contribution in [3.8, 4) is 0 Å². The quantitative estimate of drug-likeness (QED) is 0.412. The Labute approximate surface area is 125 Å². The van der Waals surface area contributed by atoms with Gasteiger partial charge in [-0.05, 0) is 16.9 Å². The fraction of sp³-hybridized carbons (Fsp3) is 0.636. The second-order valence-electron chi connectivity index (χ2n) is 3.32. The molecule has 1 atom stereocenters. The molecule has 15 heavy (non-hydrogen) atoms. The number of hydrogen-bond acceptors (Lipinski definition) is 1. The smallest absolute Gasteiger partial charge is 1.00 e. The predicted octanol–water partition coefficient (Wildman–Crippen LogP) is -2.40. The van der Waals surface area contributed by atoms with Gasteiger partial charge >= 0.3 is 21.7 Å². The van der Waals surface area contributed by atoms with E-state index in [9.17, 15) is 0 Å². The van der Waals surface area contributed by atoms with Crippen LogP contribution in [0.3, 0.4) is 0 Å². The Balaban J connectivity index is -0.000000480. The van der Waals surface area contributed by atoms with Crippen LogP contribution in [-0.2, 0) is 21.7 Å². The van der Waals surface area contributed by atoms with E-state index in [1.807, 2.05) is 11.8 Å². The van der Waals surface area contributed by atoms with E-state index in [1.165, 1.54) is 12.0 Å². The zero-order chi connectivity index (χ0) is 8.97. The summed E-state index contributed by atoms with van der Waals surface area (Å²) in [6.07, 6.45) is 10.1. The summed E-state index contributed by atoms with van der Waals surface area (Å²) in [5.74, 6) is 0. The first-order valence-electron chi connectivity index (χ1n) is 4.66. The molecule has 1 aliphatic rings. The van der Waals surface area contributed by atoms with E-state index in [2.05, 4.69) is 39.0 Å². The Bertz CT molecular complexity index is 203. The summed E-state index contributed by atoms with van der Waals surface area (Å²) in [6.45, 7) is 6.76. The fourth-order valence-corrected chi connectivity index (χ4v) is 2.52. The van der Waals surface area contributed by atoms with Crippen molar-refractivity contribution in [2.75, 3.05) is 0 Å². The number of halogens is 2. The summed E-state index contributed by atoms with van der Waals surface area (Å²) in [5.41, 5.74) is 1.41. The molecular weight excluding hydrogens is 283 g/mol. The van der Waals surface area contributed by atoms with Crippen LogP contribution in [0.4, 0.5) is 0 Å². The predicted molar refractivity (Wildman–Crippen MR) is 57.3 cm³/mol. The topological polar surface area (TPSA) is 0 Å². The Morgan fingerprint density at radius 1 is 1.40 bits per heavy atom. The summed E-state index contributed by atoms with van der Waals surface area (Å²) < 4.78 is 0. The van der Waals surface area contributed by atoms with E-state index in [0.717, 1.165) is 11.7 Å². The summed E-state index contributed by atoms with van der Waals surface area (Å²) in [6, 6.07) is 0. The van der Waals surface area contributed by atoms with Gasteiger partial charge in [0.05, 0.1) is 0 Å². The van der Waals surface area contributed by atoms with E-state index in [0.29, 0.717) is 5.25 Å². The molecule has 0 fully saturated rings. The van der Waals surface area contributed by atoms with E-state index in [4.69, 9.17) is 0 Å². The minimum atomic E-state index is 0. The number of rotatable bonds is 4. The van der Waals surface area contributed by atoms with Crippen LogP contribution in [0.1, 0.15) is 33.6 Å². The molecule has 1 unspecified atom stereocenters. The minimum absolute atomic E-state index is 0. The van der Waals surface area contributed by atoms with Crippen LogP contribution in [0.25, 0.3) is 0 Å². The molecule has 0 N–H and O–H groups in total. The van der Waals surface area contributed by atoms with Gasteiger partial charge in [-0.1, -0.05) is 20.8 Å². The van der Waals surface area contributed by atoms with Crippen LogP contribution in [0.15, 0.2) is 17.7 Å². The van der Waals surface area contributed by atoms with Crippen molar-refractivity contribution in [3.63, 3.8) is 0 Å². The van der Waals surface area contributed by atoms with Gasteiger partial charge in [0.25, 0.3) is 0 Å². The van der Waals surface area contributed by atoms with Crippen molar-refractivity contribution in [1.29, 1.82) is 0 Å². The third-order valence-electron chi connectivity index (χ3n) is 1.88. The van der Waals surface area contributed by atoms with E-state index < -0.39 is 0 Å². The maximum absolute atomic E-state index is 3.40. The normalized spacial score (nSPS) is 14.8. The largest absolute Gasteiger partial charge is 3.00 e. The Morgan fingerprint density at radius 2 is 2.00 bits per heavy atom. The van der Waals surface area contributed by atoms with Crippen molar-refractivity contribution in [1.82, 2.24) is 0 Å². The first-order chi connectivity index (χ1) is 5.74. The van der Waals surface area contributed by atoms with Gasteiger partial charge in [-0.25, -0.2) is 11.6 Å². The van der Waals surface area contributed by atoms with Gasteiger partial charge in [-0.2, -0.15) is 17.8 Å². The van der Waals surface area contributed by atoms with Gasteiger partial charge in [0.15, 0.2) is 0 Å². The van der Waals surface area contributed by atoms with Crippen LogP contribution in [-0.4, -0.2) is 10.5 Å². The SMILES string of the molecule is CCC(SC(C)C)C1=[C-]CC=C1.[Cl-].[Cl-].[Ti+3]. The molecule has 85 valence electrons. The molecule has 0 nitrogen and oxygen atoms in total. The molecular formula is C11H17Cl2STi. The van der Waals surface area contributed by atoms with Crippen molar-refractivity contribution < 1.29 is 46.5 Å². The van der Waals surface area contributed by atoms with Crippen LogP contribution >= 0.6 is 11.8 Å². The average Bonchev–Trinajstić information content (AvgIpc) is 2.51. The zero-order valence-corrected chi connectivity index (χ0v) is 13.3. The second-order valence-corrected chi connectivity index (χ2v) is 5.10. The van der Waals surface area contributed by atoms with Gasteiger partial charge in [0.2, 0.25) is 0 Å². The number of thioether (sulfide) groups is 1. The maximum Gasteiger partial charge on any atom is 3.00 e. The maximum atomic E-state index is 3.40. The van der Waals surface area contributed by atoms with Crippen LogP contribution in [0, 0.1) is 6.08 Å². The molecule has 0 aromatic heterocycles. The molecule has 1 rings (SSSR count). The van der Waals surface area contributed by atoms with Crippen LogP contribution < -0.4 is 24.8 Å². The molecule has 0 saturated carbocycles. The third-order valence-corrected chi connectivity index (χ3v) is 3.34. The summed E-state index contributed by atoms with van der Waals surface area (Å²) in [5, 5.41) is 1.39. The second kappa shape index (κ2) is 11.6. The molecule has 0 bridgehead atoms. The first kappa shape index (κ1) is 21.4. The van der Waals surface area contributed by atoms with Gasteiger partial charge in [-0.3, -0.25) is 6.08 Å². The van der Waals surface area contributed by atoms with Crippen molar-refractivity contribution in [2.24, 2.45) is 0 Å². The molecule has 0 aliphatic heterocycles.